The largest absolute Gasteiger partial charge is 0.508 e. The highest BCUT2D eigenvalue weighted by atomic mass is 16.6. The molecular formula is C36H42O6. The van der Waals surface area contributed by atoms with E-state index in [9.17, 15) is 19.8 Å². The third kappa shape index (κ3) is 6.04. The zero-order chi connectivity index (χ0) is 29.5. The van der Waals surface area contributed by atoms with E-state index in [1.54, 1.807) is 18.2 Å². The van der Waals surface area contributed by atoms with Crippen molar-refractivity contribution in [3.8, 4) is 23.0 Å². The Hall–Kier alpha value is -3.80. The second-order valence-corrected chi connectivity index (χ2v) is 11.7. The molecule has 6 nitrogen and oxygen atoms in total. The average molecular weight is 571 g/mol. The number of hydrogen-bond acceptors (Lipinski definition) is 6. The first kappa shape index (κ1) is 29.7. The van der Waals surface area contributed by atoms with Crippen molar-refractivity contribution in [2.75, 3.05) is 0 Å². The van der Waals surface area contributed by atoms with Crippen LogP contribution in [0.25, 0.3) is 0 Å². The minimum atomic E-state index is -1.43. The number of Topliss-reactive ketones (excluding diaryl/α,β-unsaturated/α-hetero) is 1. The zero-order valence-electron chi connectivity index (χ0n) is 24.6. The number of aromatic hydroxyl groups is 2. The summed E-state index contributed by atoms with van der Waals surface area (Å²) in [4.78, 5) is 26.9. The van der Waals surface area contributed by atoms with Gasteiger partial charge >= 0.3 is 5.97 Å². The molecule has 0 saturated carbocycles. The first-order valence-electron chi connectivity index (χ1n) is 15.7. The number of carbonyl (C=O) groups is 2. The zero-order valence-corrected chi connectivity index (χ0v) is 24.6. The average Bonchev–Trinajstić information content (AvgIpc) is 3.27. The molecule has 0 aromatic heterocycles. The van der Waals surface area contributed by atoms with Gasteiger partial charge in [0.25, 0.3) is 0 Å². The van der Waals surface area contributed by atoms with Gasteiger partial charge in [-0.1, -0.05) is 102 Å². The Kier molecular flexibility index (Phi) is 9.51. The first-order chi connectivity index (χ1) is 20.5. The fourth-order valence-corrected chi connectivity index (χ4v) is 6.44. The van der Waals surface area contributed by atoms with Gasteiger partial charge in [-0.05, 0) is 30.7 Å². The number of hydrogen-bond donors (Lipinski definition) is 2. The topological polar surface area (TPSA) is 93.1 Å². The van der Waals surface area contributed by atoms with E-state index in [2.05, 4.69) is 6.92 Å². The first-order valence-corrected chi connectivity index (χ1v) is 15.7. The molecule has 0 aliphatic carbocycles. The lowest BCUT2D eigenvalue weighted by molar-refractivity contribution is 0.0220. The number of unbranched alkanes of at least 4 members (excludes halogenated alkanes) is 12. The molecule has 1 atom stereocenters. The lowest BCUT2D eigenvalue weighted by Crippen LogP contribution is -2.35. The summed E-state index contributed by atoms with van der Waals surface area (Å²) in [7, 11) is 0. The second-order valence-electron chi connectivity index (χ2n) is 11.7. The van der Waals surface area contributed by atoms with Crippen molar-refractivity contribution in [3.63, 3.8) is 0 Å². The number of ether oxygens (including phenoxy) is 2. The van der Waals surface area contributed by atoms with Gasteiger partial charge in [-0.2, -0.15) is 0 Å². The summed E-state index contributed by atoms with van der Waals surface area (Å²) in [5.41, 5.74) is 0.800. The standard InChI is InChI=1S/C36H42O6/c1-2-3-4-5-6-7-8-9-10-11-12-13-14-19-31(39)28-22-26(38)24-33-34(28)36(30-21-20-25(37)23-32(30)41-33)29-18-16-15-17-27(29)35(40)42-36/h15-18,20-24,37-38H,2-14,19H2,1H3. The van der Waals surface area contributed by atoms with Gasteiger partial charge in [0.2, 0.25) is 0 Å². The maximum atomic E-state index is 13.7. The molecule has 0 saturated heterocycles. The summed E-state index contributed by atoms with van der Waals surface area (Å²) in [6.07, 6.45) is 16.2. The third-order valence-electron chi connectivity index (χ3n) is 8.58. The second kappa shape index (κ2) is 13.5. The minimum Gasteiger partial charge on any atom is -0.508 e. The van der Waals surface area contributed by atoms with Gasteiger partial charge in [0.05, 0.1) is 11.1 Å². The molecule has 222 valence electrons. The van der Waals surface area contributed by atoms with E-state index >= 15 is 0 Å². The highest BCUT2D eigenvalue weighted by molar-refractivity contribution is 6.02. The van der Waals surface area contributed by atoms with E-state index in [1.165, 1.54) is 88.5 Å². The monoisotopic (exact) mass is 570 g/mol. The summed E-state index contributed by atoms with van der Waals surface area (Å²) in [6, 6.07) is 14.6. The van der Waals surface area contributed by atoms with Crippen molar-refractivity contribution >= 4 is 11.8 Å². The fourth-order valence-electron chi connectivity index (χ4n) is 6.44. The molecule has 0 fully saturated rings. The summed E-state index contributed by atoms with van der Waals surface area (Å²) < 4.78 is 12.3. The van der Waals surface area contributed by atoms with Crippen LogP contribution in [0.4, 0.5) is 0 Å². The molecule has 1 spiro atoms. The van der Waals surface area contributed by atoms with Gasteiger partial charge in [-0.15, -0.1) is 0 Å². The van der Waals surface area contributed by atoms with Crippen LogP contribution in [0, 0.1) is 0 Å². The molecule has 3 aromatic carbocycles. The molecule has 2 aliphatic rings. The van der Waals surface area contributed by atoms with E-state index in [0.29, 0.717) is 34.4 Å². The predicted molar refractivity (Wildman–Crippen MR) is 163 cm³/mol. The number of benzene rings is 3. The van der Waals surface area contributed by atoms with Crippen LogP contribution in [-0.4, -0.2) is 22.0 Å². The van der Waals surface area contributed by atoms with Crippen LogP contribution in [0.15, 0.2) is 54.6 Å². The molecule has 42 heavy (non-hydrogen) atoms. The predicted octanol–water partition coefficient (Wildman–Crippen LogP) is 9.33. The van der Waals surface area contributed by atoms with Crippen molar-refractivity contribution in [2.45, 2.75) is 102 Å². The summed E-state index contributed by atoms with van der Waals surface area (Å²) >= 11 is 0. The van der Waals surface area contributed by atoms with E-state index in [0.717, 1.165) is 19.3 Å². The van der Waals surface area contributed by atoms with Crippen LogP contribution in [0.5, 0.6) is 23.0 Å². The number of fused-ring (bicyclic) bond motifs is 6. The SMILES string of the molecule is CCCCCCCCCCCCCCCC(=O)c1cc(O)cc2c1C1(OC(=O)c3ccccc31)c1ccc(O)cc1O2. The maximum absolute atomic E-state index is 13.7. The van der Waals surface area contributed by atoms with E-state index in [1.807, 2.05) is 12.1 Å². The molecule has 2 aliphatic heterocycles. The normalized spacial score (nSPS) is 16.5. The van der Waals surface area contributed by atoms with Crippen LogP contribution >= 0.6 is 0 Å². The van der Waals surface area contributed by atoms with Crippen LogP contribution in [0.3, 0.4) is 0 Å². The van der Waals surface area contributed by atoms with Gasteiger partial charge < -0.3 is 19.7 Å². The Bertz CT molecular complexity index is 1430. The Morgan fingerprint density at radius 3 is 2.02 bits per heavy atom. The molecule has 3 aromatic rings. The van der Waals surface area contributed by atoms with Gasteiger partial charge in [0, 0.05) is 35.2 Å². The molecule has 1 unspecified atom stereocenters. The van der Waals surface area contributed by atoms with E-state index < -0.39 is 11.6 Å². The number of esters is 1. The minimum absolute atomic E-state index is 0.0104. The number of carbonyl (C=O) groups excluding carboxylic acids is 2. The molecule has 2 heterocycles. The summed E-state index contributed by atoms with van der Waals surface area (Å²) in [6.45, 7) is 2.25. The van der Waals surface area contributed by atoms with Crippen molar-refractivity contribution in [1.82, 2.24) is 0 Å². The smallest absolute Gasteiger partial charge is 0.340 e. The fraction of sp³-hybridized carbons (Fsp3) is 0.444. The van der Waals surface area contributed by atoms with Crippen LogP contribution in [-0.2, 0) is 10.3 Å². The molecule has 0 bridgehead atoms. The molecular weight excluding hydrogens is 528 g/mol. The Morgan fingerprint density at radius 1 is 0.714 bits per heavy atom. The molecule has 0 amide bonds. The Balaban J connectivity index is 1.27. The Morgan fingerprint density at radius 2 is 1.33 bits per heavy atom. The van der Waals surface area contributed by atoms with Crippen molar-refractivity contribution in [3.05, 3.63) is 82.4 Å². The van der Waals surface area contributed by atoms with Crippen molar-refractivity contribution in [1.29, 1.82) is 0 Å². The van der Waals surface area contributed by atoms with Gasteiger partial charge in [-0.3, -0.25) is 4.79 Å². The van der Waals surface area contributed by atoms with Gasteiger partial charge in [-0.25, -0.2) is 4.79 Å². The van der Waals surface area contributed by atoms with Gasteiger partial charge in [0.15, 0.2) is 11.4 Å². The highest BCUT2D eigenvalue weighted by Gasteiger charge is 2.55. The number of rotatable bonds is 15. The lowest BCUT2D eigenvalue weighted by atomic mass is 9.75. The molecule has 2 N–H and O–H groups in total. The van der Waals surface area contributed by atoms with E-state index in [4.69, 9.17) is 9.47 Å². The number of phenolic OH excluding ortho intramolecular Hbond substituents is 2. The molecule has 0 radical (unpaired) electrons. The van der Waals surface area contributed by atoms with Crippen LogP contribution in [0.2, 0.25) is 0 Å². The summed E-state index contributed by atoms with van der Waals surface area (Å²) in [5.74, 6) is -0.224. The lowest BCUT2D eigenvalue weighted by Gasteiger charge is -2.37. The van der Waals surface area contributed by atoms with E-state index in [-0.39, 0.29) is 28.6 Å². The van der Waals surface area contributed by atoms with Gasteiger partial charge in [0.1, 0.15) is 23.0 Å². The third-order valence-corrected chi connectivity index (χ3v) is 8.58. The maximum Gasteiger partial charge on any atom is 0.340 e. The Labute approximate surface area is 248 Å². The number of phenols is 2. The quantitative estimate of drug-likeness (QED) is 0.107. The molecule has 6 heteroatoms. The number of ketones is 1. The van der Waals surface area contributed by atoms with Crippen LogP contribution in [0.1, 0.15) is 134 Å². The van der Waals surface area contributed by atoms with Crippen molar-refractivity contribution in [2.24, 2.45) is 0 Å². The van der Waals surface area contributed by atoms with Crippen molar-refractivity contribution < 1.29 is 29.3 Å². The summed E-state index contributed by atoms with van der Waals surface area (Å²) in [5, 5.41) is 20.8. The van der Waals surface area contributed by atoms with Crippen LogP contribution < -0.4 is 4.74 Å². The highest BCUT2D eigenvalue weighted by Crippen LogP contribution is 2.58. The molecule has 5 rings (SSSR count).